The van der Waals surface area contributed by atoms with Crippen molar-refractivity contribution in [1.29, 1.82) is 0 Å². The van der Waals surface area contributed by atoms with Crippen LogP contribution in [0.2, 0.25) is 0 Å². The average molecular weight is 292 g/mol. The summed E-state index contributed by atoms with van der Waals surface area (Å²) in [4.78, 5) is 11.3. The number of benzene rings is 3. The molecule has 2 nitrogen and oxygen atoms in total. The van der Waals surface area contributed by atoms with Gasteiger partial charge >= 0.3 is 8.56 Å². The van der Waals surface area contributed by atoms with Gasteiger partial charge in [-0.2, -0.15) is 0 Å². The Kier molecular flexibility index (Phi) is 3.86. The van der Waals surface area contributed by atoms with E-state index in [1.807, 2.05) is 91.0 Å². The molecule has 3 aromatic carbocycles. The quantitative estimate of drug-likeness (QED) is 0.748. The first-order valence-electron chi connectivity index (χ1n) is 6.86. The van der Waals surface area contributed by atoms with Crippen LogP contribution in [0.5, 0.6) is 5.75 Å². The van der Waals surface area contributed by atoms with E-state index in [1.165, 1.54) is 0 Å². The summed E-state index contributed by atoms with van der Waals surface area (Å²) in [5.74, 6) is 0.680. The van der Waals surface area contributed by atoms with Gasteiger partial charge in [-0.15, -0.1) is 0 Å². The van der Waals surface area contributed by atoms with Crippen molar-refractivity contribution in [2.45, 2.75) is 0 Å². The first kappa shape index (κ1) is 13.6. The van der Waals surface area contributed by atoms with Gasteiger partial charge in [-0.05, 0) is 12.1 Å². The van der Waals surface area contributed by atoms with Crippen LogP contribution in [0.1, 0.15) is 0 Å². The van der Waals surface area contributed by atoms with Gasteiger partial charge in [-0.1, -0.05) is 78.9 Å². The Bertz CT molecular complexity index is 645. The van der Waals surface area contributed by atoms with E-state index in [9.17, 15) is 4.80 Å². The van der Waals surface area contributed by atoms with E-state index in [-0.39, 0.29) is 0 Å². The Morgan fingerprint density at radius 3 is 1.38 bits per heavy atom. The lowest BCUT2D eigenvalue weighted by atomic mass is 10.3. The minimum absolute atomic E-state index is 0.680. The van der Waals surface area contributed by atoms with E-state index < -0.39 is 8.56 Å². The average Bonchev–Trinajstić information content (AvgIpc) is 2.57. The first-order chi connectivity index (χ1) is 10.3. The molecule has 0 aliphatic carbocycles. The topological polar surface area (TPSA) is 29.5 Å². The molecule has 3 rings (SSSR count). The van der Waals surface area contributed by atoms with Gasteiger partial charge in [0, 0.05) is 10.4 Å². The van der Waals surface area contributed by atoms with E-state index in [0.29, 0.717) is 5.75 Å². The Balaban J connectivity index is 2.07. The molecular formula is C18H16O2Si. The highest BCUT2D eigenvalue weighted by molar-refractivity contribution is 6.92. The molecule has 0 aromatic heterocycles. The zero-order valence-corrected chi connectivity index (χ0v) is 12.5. The van der Waals surface area contributed by atoms with Crippen LogP contribution in [0, 0.1) is 0 Å². The van der Waals surface area contributed by atoms with Gasteiger partial charge in [0.05, 0.1) is 0 Å². The van der Waals surface area contributed by atoms with Crippen LogP contribution in [0.4, 0.5) is 0 Å². The summed E-state index contributed by atoms with van der Waals surface area (Å²) < 4.78 is 6.07. The zero-order chi connectivity index (χ0) is 14.5. The maximum Gasteiger partial charge on any atom is 0.465 e. The molecule has 21 heavy (non-hydrogen) atoms. The van der Waals surface area contributed by atoms with E-state index >= 15 is 0 Å². The molecule has 0 aliphatic heterocycles. The van der Waals surface area contributed by atoms with Crippen LogP contribution < -0.4 is 14.8 Å². The summed E-state index contributed by atoms with van der Waals surface area (Å²) in [7, 11) is -3.24. The fourth-order valence-electron chi connectivity index (χ4n) is 2.27. The molecule has 3 aromatic rings. The van der Waals surface area contributed by atoms with Gasteiger partial charge in [0.25, 0.3) is 0 Å². The standard InChI is InChI=1S/C18H16O2Si/c19-21(17-12-6-2-7-13-17,18-14-8-3-9-15-18)20-16-10-4-1-5-11-16/h1-15,19H. The molecule has 0 saturated heterocycles. The summed E-state index contributed by atoms with van der Waals surface area (Å²) in [5.41, 5.74) is 0. The summed E-state index contributed by atoms with van der Waals surface area (Å²) in [5, 5.41) is 1.67. The molecule has 104 valence electrons. The summed E-state index contributed by atoms with van der Waals surface area (Å²) in [6.45, 7) is 0. The summed E-state index contributed by atoms with van der Waals surface area (Å²) >= 11 is 0. The Hall–Kier alpha value is -2.36. The summed E-state index contributed by atoms with van der Waals surface area (Å²) in [6, 6.07) is 28.7. The van der Waals surface area contributed by atoms with Crippen molar-refractivity contribution < 1.29 is 9.22 Å². The van der Waals surface area contributed by atoms with E-state index in [0.717, 1.165) is 10.4 Å². The highest BCUT2D eigenvalue weighted by Crippen LogP contribution is 2.14. The van der Waals surface area contributed by atoms with Gasteiger partial charge in [0.2, 0.25) is 0 Å². The van der Waals surface area contributed by atoms with Crippen molar-refractivity contribution in [1.82, 2.24) is 0 Å². The summed E-state index contributed by atoms with van der Waals surface area (Å²) in [6.07, 6.45) is 0. The molecule has 1 N–H and O–H groups in total. The molecule has 0 radical (unpaired) electrons. The van der Waals surface area contributed by atoms with Gasteiger partial charge < -0.3 is 9.22 Å². The lowest BCUT2D eigenvalue weighted by Crippen LogP contribution is -2.63. The van der Waals surface area contributed by atoms with Crippen LogP contribution in [0.15, 0.2) is 91.0 Å². The second kappa shape index (κ2) is 5.95. The minimum Gasteiger partial charge on any atom is -0.514 e. The number of hydrogen-bond donors (Lipinski definition) is 1. The Morgan fingerprint density at radius 2 is 0.952 bits per heavy atom. The van der Waals surface area contributed by atoms with Crippen molar-refractivity contribution in [2.75, 3.05) is 0 Å². The highest BCUT2D eigenvalue weighted by atomic mass is 28.4. The molecular weight excluding hydrogens is 276 g/mol. The molecule has 0 bridgehead atoms. The Morgan fingerprint density at radius 1 is 0.571 bits per heavy atom. The Labute approximate surface area is 125 Å². The number of rotatable bonds is 4. The third kappa shape index (κ3) is 2.89. The van der Waals surface area contributed by atoms with Crippen LogP contribution in [0.3, 0.4) is 0 Å². The fraction of sp³-hybridized carbons (Fsp3) is 0. The van der Waals surface area contributed by atoms with E-state index in [1.54, 1.807) is 0 Å². The normalized spacial score (nSPS) is 11.1. The molecule has 3 heteroatoms. The second-order valence-corrected chi connectivity index (χ2v) is 7.44. The zero-order valence-electron chi connectivity index (χ0n) is 11.5. The van der Waals surface area contributed by atoms with Crippen LogP contribution >= 0.6 is 0 Å². The van der Waals surface area contributed by atoms with Crippen LogP contribution in [0.25, 0.3) is 0 Å². The second-order valence-electron chi connectivity index (χ2n) is 4.79. The van der Waals surface area contributed by atoms with Crippen molar-refractivity contribution in [2.24, 2.45) is 0 Å². The molecule has 0 unspecified atom stereocenters. The predicted octanol–water partition coefficient (Wildman–Crippen LogP) is 2.31. The number of para-hydroxylation sites is 1. The maximum absolute atomic E-state index is 11.3. The van der Waals surface area contributed by atoms with Crippen LogP contribution in [-0.2, 0) is 0 Å². The third-order valence-electron chi connectivity index (χ3n) is 3.34. The van der Waals surface area contributed by atoms with Crippen molar-refractivity contribution in [3.63, 3.8) is 0 Å². The molecule has 0 amide bonds. The van der Waals surface area contributed by atoms with Crippen molar-refractivity contribution >= 4 is 18.9 Å². The molecule has 0 spiro atoms. The molecule has 0 heterocycles. The smallest absolute Gasteiger partial charge is 0.465 e. The van der Waals surface area contributed by atoms with Gasteiger partial charge in [-0.3, -0.25) is 0 Å². The number of hydrogen-bond acceptors (Lipinski definition) is 2. The lowest BCUT2D eigenvalue weighted by Gasteiger charge is -2.26. The molecule has 0 atom stereocenters. The lowest BCUT2D eigenvalue weighted by molar-refractivity contribution is 0.409. The van der Waals surface area contributed by atoms with Crippen LogP contribution in [-0.4, -0.2) is 13.4 Å². The fourth-order valence-corrected chi connectivity index (χ4v) is 4.61. The SMILES string of the molecule is O[Si](Oc1ccccc1)(c1ccccc1)c1ccccc1. The van der Waals surface area contributed by atoms with Crippen molar-refractivity contribution in [3.05, 3.63) is 91.0 Å². The minimum atomic E-state index is -3.24. The monoisotopic (exact) mass is 292 g/mol. The van der Waals surface area contributed by atoms with Gasteiger partial charge in [0.15, 0.2) is 0 Å². The van der Waals surface area contributed by atoms with Gasteiger partial charge in [0.1, 0.15) is 5.75 Å². The van der Waals surface area contributed by atoms with E-state index in [2.05, 4.69) is 0 Å². The molecule has 0 fully saturated rings. The van der Waals surface area contributed by atoms with Crippen molar-refractivity contribution in [3.8, 4) is 5.75 Å². The molecule has 0 saturated carbocycles. The van der Waals surface area contributed by atoms with E-state index in [4.69, 9.17) is 4.43 Å². The predicted molar refractivity (Wildman–Crippen MR) is 87.2 cm³/mol. The largest absolute Gasteiger partial charge is 0.514 e. The third-order valence-corrected chi connectivity index (χ3v) is 6.10. The molecule has 0 aliphatic rings. The van der Waals surface area contributed by atoms with Gasteiger partial charge in [-0.25, -0.2) is 0 Å². The highest BCUT2D eigenvalue weighted by Gasteiger charge is 2.40. The first-order valence-corrected chi connectivity index (χ1v) is 8.72. The maximum atomic E-state index is 11.3.